The Morgan fingerprint density at radius 2 is 2.15 bits per heavy atom. The Labute approximate surface area is 126 Å². The Morgan fingerprint density at radius 1 is 1.40 bits per heavy atom. The molecule has 1 fully saturated rings. The molecule has 1 aromatic carbocycles. The Hall–Kier alpha value is -1.10. The standard InChI is InChI=1S/C15H22N2O2.ClH/c16-14(9-12-5-2-1-3-6-12)15(18)17-10-13-7-4-8-19-11-13;/h1-3,5-6,13-14H,4,7-11,16H2,(H,17,18);1H. The van der Waals surface area contributed by atoms with E-state index in [0.29, 0.717) is 18.9 Å². The highest BCUT2D eigenvalue weighted by molar-refractivity contribution is 5.85. The van der Waals surface area contributed by atoms with E-state index in [-0.39, 0.29) is 18.3 Å². The maximum absolute atomic E-state index is 11.9. The highest BCUT2D eigenvalue weighted by Gasteiger charge is 2.18. The maximum Gasteiger partial charge on any atom is 0.237 e. The summed E-state index contributed by atoms with van der Waals surface area (Å²) in [6.07, 6.45) is 2.78. The lowest BCUT2D eigenvalue weighted by Crippen LogP contribution is -2.44. The molecule has 2 rings (SSSR count). The van der Waals surface area contributed by atoms with Crippen LogP contribution in [0.4, 0.5) is 0 Å². The average molecular weight is 299 g/mol. The minimum absolute atomic E-state index is 0. The first kappa shape index (κ1) is 17.0. The third-order valence-electron chi connectivity index (χ3n) is 3.45. The van der Waals surface area contributed by atoms with E-state index in [0.717, 1.165) is 31.6 Å². The summed E-state index contributed by atoms with van der Waals surface area (Å²) < 4.78 is 5.39. The van der Waals surface area contributed by atoms with Gasteiger partial charge in [-0.3, -0.25) is 4.79 Å². The van der Waals surface area contributed by atoms with Crippen molar-refractivity contribution in [3.63, 3.8) is 0 Å². The summed E-state index contributed by atoms with van der Waals surface area (Å²) in [6, 6.07) is 9.37. The van der Waals surface area contributed by atoms with Gasteiger partial charge in [0.2, 0.25) is 5.91 Å². The Balaban J connectivity index is 0.00000200. The van der Waals surface area contributed by atoms with Gasteiger partial charge in [-0.15, -0.1) is 12.4 Å². The van der Waals surface area contributed by atoms with Crippen molar-refractivity contribution in [3.8, 4) is 0 Å². The Morgan fingerprint density at radius 3 is 2.80 bits per heavy atom. The smallest absolute Gasteiger partial charge is 0.237 e. The van der Waals surface area contributed by atoms with Crippen LogP contribution in [0.25, 0.3) is 0 Å². The summed E-state index contributed by atoms with van der Waals surface area (Å²) in [5, 5.41) is 2.93. The van der Waals surface area contributed by atoms with Crippen LogP contribution in [0.5, 0.6) is 0 Å². The van der Waals surface area contributed by atoms with E-state index in [1.807, 2.05) is 30.3 Å². The molecule has 0 bridgehead atoms. The van der Waals surface area contributed by atoms with Crippen molar-refractivity contribution in [2.45, 2.75) is 25.3 Å². The van der Waals surface area contributed by atoms with Crippen LogP contribution in [0, 0.1) is 5.92 Å². The first-order valence-corrected chi connectivity index (χ1v) is 6.90. The average Bonchev–Trinajstić information content (AvgIpc) is 2.47. The Bertz CT molecular complexity index is 394. The van der Waals surface area contributed by atoms with Crippen molar-refractivity contribution in [1.29, 1.82) is 0 Å². The number of carbonyl (C=O) groups is 1. The summed E-state index contributed by atoms with van der Waals surface area (Å²) in [5.74, 6) is 0.357. The summed E-state index contributed by atoms with van der Waals surface area (Å²) in [7, 11) is 0. The highest BCUT2D eigenvalue weighted by Crippen LogP contribution is 2.12. The van der Waals surface area contributed by atoms with Gasteiger partial charge in [-0.05, 0) is 30.7 Å². The molecule has 1 amide bonds. The molecule has 0 saturated carbocycles. The van der Waals surface area contributed by atoms with E-state index in [1.54, 1.807) is 0 Å². The highest BCUT2D eigenvalue weighted by atomic mass is 35.5. The molecule has 1 heterocycles. The second-order valence-corrected chi connectivity index (χ2v) is 5.12. The Kier molecular flexibility index (Phi) is 7.59. The minimum Gasteiger partial charge on any atom is -0.381 e. The molecule has 2 unspecified atom stereocenters. The van der Waals surface area contributed by atoms with Crippen LogP contribution in [-0.4, -0.2) is 31.7 Å². The summed E-state index contributed by atoms with van der Waals surface area (Å²) in [5.41, 5.74) is 7.01. The van der Waals surface area contributed by atoms with Gasteiger partial charge in [0.15, 0.2) is 0 Å². The SMILES string of the molecule is Cl.NC(Cc1ccccc1)C(=O)NCC1CCCOC1. The summed E-state index contributed by atoms with van der Waals surface area (Å²) in [6.45, 7) is 2.26. The molecule has 20 heavy (non-hydrogen) atoms. The predicted molar refractivity (Wildman–Crippen MR) is 81.9 cm³/mol. The number of rotatable bonds is 5. The molecule has 1 aliphatic heterocycles. The molecule has 0 aliphatic carbocycles. The molecule has 1 aromatic rings. The van der Waals surface area contributed by atoms with Gasteiger partial charge >= 0.3 is 0 Å². The number of amides is 1. The normalized spacial score (nSPS) is 19.8. The number of nitrogens with one attached hydrogen (secondary N) is 1. The largest absolute Gasteiger partial charge is 0.381 e. The zero-order valence-corrected chi connectivity index (χ0v) is 12.4. The van der Waals surface area contributed by atoms with E-state index >= 15 is 0 Å². The van der Waals surface area contributed by atoms with Crippen LogP contribution in [0.3, 0.4) is 0 Å². The third-order valence-corrected chi connectivity index (χ3v) is 3.45. The van der Waals surface area contributed by atoms with Gasteiger partial charge in [0, 0.05) is 13.2 Å². The molecular formula is C15H23ClN2O2. The first-order chi connectivity index (χ1) is 9.25. The van der Waals surface area contributed by atoms with Crippen molar-refractivity contribution < 1.29 is 9.53 Å². The molecule has 0 spiro atoms. The molecule has 4 nitrogen and oxygen atoms in total. The number of hydrogen-bond donors (Lipinski definition) is 2. The maximum atomic E-state index is 11.9. The van der Waals surface area contributed by atoms with Crippen LogP contribution in [0.1, 0.15) is 18.4 Å². The van der Waals surface area contributed by atoms with Crippen LogP contribution in [-0.2, 0) is 16.0 Å². The van der Waals surface area contributed by atoms with Gasteiger partial charge in [0.1, 0.15) is 0 Å². The molecule has 5 heteroatoms. The third kappa shape index (κ3) is 5.49. The second-order valence-electron chi connectivity index (χ2n) is 5.12. The number of carbonyl (C=O) groups excluding carboxylic acids is 1. The number of ether oxygens (including phenoxy) is 1. The van der Waals surface area contributed by atoms with Gasteiger partial charge in [-0.25, -0.2) is 0 Å². The number of benzene rings is 1. The molecule has 2 atom stereocenters. The lowest BCUT2D eigenvalue weighted by molar-refractivity contribution is -0.122. The van der Waals surface area contributed by atoms with Crippen molar-refractivity contribution in [1.82, 2.24) is 5.32 Å². The second kappa shape index (κ2) is 8.95. The van der Waals surface area contributed by atoms with E-state index < -0.39 is 6.04 Å². The van der Waals surface area contributed by atoms with Crippen molar-refractivity contribution in [2.24, 2.45) is 11.7 Å². The fraction of sp³-hybridized carbons (Fsp3) is 0.533. The topological polar surface area (TPSA) is 64.4 Å². The predicted octanol–water partition coefficient (Wildman–Crippen LogP) is 1.52. The molecule has 112 valence electrons. The monoisotopic (exact) mass is 298 g/mol. The fourth-order valence-electron chi connectivity index (χ4n) is 2.31. The number of hydrogen-bond acceptors (Lipinski definition) is 3. The molecular weight excluding hydrogens is 276 g/mol. The molecule has 0 radical (unpaired) electrons. The quantitative estimate of drug-likeness (QED) is 0.866. The van der Waals surface area contributed by atoms with E-state index in [2.05, 4.69) is 5.32 Å². The fourth-order valence-corrected chi connectivity index (χ4v) is 2.31. The summed E-state index contributed by atoms with van der Waals surface area (Å²) >= 11 is 0. The zero-order valence-electron chi connectivity index (χ0n) is 11.6. The van der Waals surface area contributed by atoms with Crippen LogP contribution >= 0.6 is 12.4 Å². The van der Waals surface area contributed by atoms with E-state index in [9.17, 15) is 4.79 Å². The van der Waals surface area contributed by atoms with Crippen LogP contribution in [0.15, 0.2) is 30.3 Å². The summed E-state index contributed by atoms with van der Waals surface area (Å²) in [4.78, 5) is 11.9. The molecule has 0 aromatic heterocycles. The zero-order chi connectivity index (χ0) is 13.5. The minimum atomic E-state index is -0.480. The lowest BCUT2D eigenvalue weighted by Gasteiger charge is -2.23. The number of nitrogens with two attached hydrogens (primary N) is 1. The van der Waals surface area contributed by atoms with Gasteiger partial charge < -0.3 is 15.8 Å². The van der Waals surface area contributed by atoms with Gasteiger partial charge in [-0.1, -0.05) is 30.3 Å². The lowest BCUT2D eigenvalue weighted by atomic mass is 10.0. The van der Waals surface area contributed by atoms with Crippen molar-refractivity contribution in [2.75, 3.05) is 19.8 Å². The van der Waals surface area contributed by atoms with Crippen molar-refractivity contribution in [3.05, 3.63) is 35.9 Å². The van der Waals surface area contributed by atoms with Gasteiger partial charge in [0.05, 0.1) is 12.6 Å². The molecule has 1 saturated heterocycles. The molecule has 1 aliphatic rings. The number of halogens is 1. The van der Waals surface area contributed by atoms with Crippen molar-refractivity contribution >= 4 is 18.3 Å². The first-order valence-electron chi connectivity index (χ1n) is 6.90. The van der Waals surface area contributed by atoms with Crippen LogP contribution < -0.4 is 11.1 Å². The van der Waals surface area contributed by atoms with Gasteiger partial charge in [-0.2, -0.15) is 0 Å². The molecule has 3 N–H and O–H groups in total. The van der Waals surface area contributed by atoms with E-state index in [1.165, 1.54) is 0 Å². The van der Waals surface area contributed by atoms with Gasteiger partial charge in [0.25, 0.3) is 0 Å². The van der Waals surface area contributed by atoms with Crippen LogP contribution in [0.2, 0.25) is 0 Å². The van der Waals surface area contributed by atoms with E-state index in [4.69, 9.17) is 10.5 Å².